The van der Waals surface area contributed by atoms with Crippen LogP contribution in [0, 0.1) is 0 Å². The van der Waals surface area contributed by atoms with E-state index in [4.69, 9.17) is 10.2 Å². The molecule has 0 saturated carbocycles. The Morgan fingerprint density at radius 2 is 0.781 bits per heavy atom. The summed E-state index contributed by atoms with van der Waals surface area (Å²) >= 11 is 0. The Labute approximate surface area is 184 Å². The van der Waals surface area contributed by atoms with Crippen molar-refractivity contribution in [3.63, 3.8) is 0 Å². The first-order chi connectivity index (χ1) is 15.4. The van der Waals surface area contributed by atoms with Gasteiger partial charge in [-0.2, -0.15) is 0 Å². The van der Waals surface area contributed by atoms with Gasteiger partial charge in [0, 0.05) is 17.2 Å². The number of carbonyl (C=O) groups is 2. The minimum Gasteiger partial charge on any atom is -0.508 e. The lowest BCUT2D eigenvalue weighted by molar-refractivity contribution is 0.100. The summed E-state index contributed by atoms with van der Waals surface area (Å²) in [5, 5.41) is 37.1. The molecule has 0 amide bonds. The van der Waals surface area contributed by atoms with E-state index >= 15 is 0 Å². The first-order valence-corrected chi connectivity index (χ1v) is 9.61. The molecule has 0 fully saturated rings. The van der Waals surface area contributed by atoms with Crippen LogP contribution < -0.4 is 0 Å². The molecule has 0 aromatic heterocycles. The molecule has 0 radical (unpaired) electrons. The van der Waals surface area contributed by atoms with Crippen molar-refractivity contribution in [2.45, 2.75) is 0 Å². The summed E-state index contributed by atoms with van der Waals surface area (Å²) < 4.78 is 0. The monoisotopic (exact) mass is 428 g/mol. The van der Waals surface area contributed by atoms with E-state index in [1.165, 1.54) is 54.6 Å². The van der Waals surface area contributed by atoms with Crippen LogP contribution >= 0.6 is 0 Å². The Balaban J connectivity index is 0.000000305. The van der Waals surface area contributed by atoms with Crippen LogP contribution in [0.5, 0.6) is 23.0 Å². The van der Waals surface area contributed by atoms with Gasteiger partial charge in [-0.15, -0.1) is 0 Å². The second-order valence-electron chi connectivity index (χ2n) is 6.76. The van der Waals surface area contributed by atoms with Crippen LogP contribution in [-0.4, -0.2) is 32.0 Å². The molecule has 0 unspecified atom stereocenters. The summed E-state index contributed by atoms with van der Waals surface area (Å²) in [5.41, 5.74) is 0.588. The Morgan fingerprint density at radius 3 is 1.09 bits per heavy atom. The highest BCUT2D eigenvalue weighted by molar-refractivity contribution is 6.20. The molecule has 32 heavy (non-hydrogen) atoms. The van der Waals surface area contributed by atoms with Crippen molar-refractivity contribution in [3.05, 3.63) is 119 Å². The molecule has 4 aromatic carbocycles. The highest BCUT2D eigenvalue weighted by Gasteiger charge is 2.22. The lowest BCUT2D eigenvalue weighted by Crippen LogP contribution is -2.11. The molecular weight excluding hydrogens is 408 g/mol. The molecule has 0 aliphatic carbocycles. The second-order valence-corrected chi connectivity index (χ2v) is 6.76. The van der Waals surface area contributed by atoms with E-state index in [1.54, 1.807) is 42.5 Å². The van der Waals surface area contributed by atoms with Crippen LogP contribution in [-0.2, 0) is 0 Å². The van der Waals surface area contributed by atoms with Gasteiger partial charge in [0.15, 0.2) is 11.6 Å². The van der Waals surface area contributed by atoms with Crippen molar-refractivity contribution in [2.75, 3.05) is 0 Å². The van der Waals surface area contributed by atoms with Crippen LogP contribution in [0.3, 0.4) is 0 Å². The number of ketones is 2. The molecule has 0 aliphatic rings. The van der Waals surface area contributed by atoms with E-state index < -0.39 is 11.6 Å². The van der Waals surface area contributed by atoms with Gasteiger partial charge in [0.25, 0.3) is 0 Å². The van der Waals surface area contributed by atoms with Gasteiger partial charge < -0.3 is 20.4 Å². The third-order valence-corrected chi connectivity index (χ3v) is 4.54. The van der Waals surface area contributed by atoms with Crippen molar-refractivity contribution >= 4 is 11.6 Å². The van der Waals surface area contributed by atoms with E-state index in [2.05, 4.69) is 0 Å². The van der Waals surface area contributed by atoms with E-state index in [0.29, 0.717) is 0 Å². The number of hydrogen-bond acceptors (Lipinski definition) is 6. The largest absolute Gasteiger partial charge is 0.508 e. The Bertz CT molecular complexity index is 1170. The van der Waals surface area contributed by atoms with E-state index in [9.17, 15) is 19.8 Å². The molecule has 4 rings (SSSR count). The van der Waals surface area contributed by atoms with Gasteiger partial charge in [-0.3, -0.25) is 9.59 Å². The van der Waals surface area contributed by atoms with Crippen LogP contribution in [0.4, 0.5) is 0 Å². The van der Waals surface area contributed by atoms with Gasteiger partial charge in [-0.05, 0) is 36.4 Å². The molecule has 0 saturated heterocycles. The number of hydrogen-bond donors (Lipinski definition) is 4. The molecule has 4 aromatic rings. The average Bonchev–Trinajstić information content (AvgIpc) is 2.79. The predicted molar refractivity (Wildman–Crippen MR) is 119 cm³/mol. The maximum Gasteiger partial charge on any atom is 0.197 e. The number of phenolic OH excluding ortho intramolecular Hbond substituents is 4. The number of phenols is 4. The van der Waals surface area contributed by atoms with Crippen molar-refractivity contribution < 1.29 is 30.0 Å². The SMILES string of the molecule is O=C(c1ccccc1O)c1ccccc1C(=O)c1ccccc1O.Oc1cccc(O)c1. The van der Waals surface area contributed by atoms with Gasteiger partial charge in [0.1, 0.15) is 23.0 Å². The maximum absolute atomic E-state index is 12.7. The third kappa shape index (κ3) is 5.12. The Morgan fingerprint density at radius 1 is 0.438 bits per heavy atom. The Kier molecular flexibility index (Phi) is 6.88. The molecule has 0 aliphatic heterocycles. The molecule has 0 bridgehead atoms. The van der Waals surface area contributed by atoms with Gasteiger partial charge in [0.2, 0.25) is 0 Å². The van der Waals surface area contributed by atoms with E-state index in [0.717, 1.165) is 0 Å². The normalized spacial score (nSPS) is 10.0. The summed E-state index contributed by atoms with van der Waals surface area (Å²) in [6.07, 6.45) is 0. The van der Waals surface area contributed by atoms with E-state index in [-0.39, 0.29) is 45.3 Å². The zero-order chi connectivity index (χ0) is 23.1. The first kappa shape index (κ1) is 22.1. The fourth-order valence-electron chi connectivity index (χ4n) is 2.99. The van der Waals surface area contributed by atoms with Crippen LogP contribution in [0.2, 0.25) is 0 Å². The van der Waals surface area contributed by atoms with E-state index in [1.807, 2.05) is 0 Å². The molecule has 6 heteroatoms. The summed E-state index contributed by atoms with van der Waals surface area (Å²) in [5.74, 6) is -1.02. The Hall–Kier alpha value is -4.58. The number of rotatable bonds is 4. The first-order valence-electron chi connectivity index (χ1n) is 9.61. The smallest absolute Gasteiger partial charge is 0.197 e. The molecule has 0 spiro atoms. The maximum atomic E-state index is 12.7. The molecule has 0 atom stereocenters. The van der Waals surface area contributed by atoms with Crippen LogP contribution in [0.1, 0.15) is 31.8 Å². The highest BCUT2D eigenvalue weighted by Crippen LogP contribution is 2.25. The number of benzene rings is 4. The predicted octanol–water partition coefficient (Wildman–Crippen LogP) is 4.66. The third-order valence-electron chi connectivity index (χ3n) is 4.54. The summed E-state index contributed by atoms with van der Waals surface area (Å²) in [6, 6.07) is 24.5. The zero-order valence-electron chi connectivity index (χ0n) is 16.8. The lowest BCUT2D eigenvalue weighted by atomic mass is 9.93. The second kappa shape index (κ2) is 9.95. The van der Waals surface area contributed by atoms with Gasteiger partial charge in [0.05, 0.1) is 11.1 Å². The highest BCUT2D eigenvalue weighted by atomic mass is 16.3. The van der Waals surface area contributed by atoms with Crippen molar-refractivity contribution in [1.82, 2.24) is 0 Å². The topological polar surface area (TPSA) is 115 Å². The minimum absolute atomic E-state index is 0.0880. The van der Waals surface area contributed by atoms with Gasteiger partial charge in [-0.25, -0.2) is 0 Å². The van der Waals surface area contributed by atoms with Crippen molar-refractivity contribution in [3.8, 4) is 23.0 Å². The van der Waals surface area contributed by atoms with Gasteiger partial charge >= 0.3 is 0 Å². The lowest BCUT2D eigenvalue weighted by Gasteiger charge is -2.10. The van der Waals surface area contributed by atoms with Crippen molar-refractivity contribution in [2.24, 2.45) is 0 Å². The summed E-state index contributed by atoms with van der Waals surface area (Å²) in [6.45, 7) is 0. The zero-order valence-corrected chi connectivity index (χ0v) is 16.8. The molecular formula is C26H20O6. The fourth-order valence-corrected chi connectivity index (χ4v) is 2.99. The average molecular weight is 428 g/mol. The quantitative estimate of drug-likeness (QED) is 0.352. The molecule has 6 nitrogen and oxygen atoms in total. The molecule has 160 valence electrons. The molecule has 0 heterocycles. The summed E-state index contributed by atoms with van der Waals surface area (Å²) in [7, 11) is 0. The fraction of sp³-hybridized carbons (Fsp3) is 0. The van der Waals surface area contributed by atoms with Gasteiger partial charge in [-0.1, -0.05) is 54.6 Å². The number of carbonyl (C=O) groups excluding carboxylic acids is 2. The standard InChI is InChI=1S/C20H14O4.C6H6O2/c21-17-11-5-3-9-15(17)19(23)13-7-1-2-8-14(13)20(24)16-10-4-6-12-18(16)22;7-5-2-1-3-6(8)4-5/h1-12,21-22H;1-4,7-8H. The number of aromatic hydroxyl groups is 4. The van der Waals surface area contributed by atoms with Crippen LogP contribution in [0.25, 0.3) is 0 Å². The number of para-hydroxylation sites is 2. The van der Waals surface area contributed by atoms with Crippen LogP contribution in [0.15, 0.2) is 97.1 Å². The summed E-state index contributed by atoms with van der Waals surface area (Å²) in [4.78, 5) is 25.5. The van der Waals surface area contributed by atoms with Crippen molar-refractivity contribution in [1.29, 1.82) is 0 Å². The minimum atomic E-state index is -0.451. The molecule has 4 N–H and O–H groups in total.